The van der Waals surface area contributed by atoms with E-state index in [-0.39, 0.29) is 22.7 Å². The fraction of sp³-hybridized carbons (Fsp3) is 0.412. The van der Waals surface area contributed by atoms with Crippen molar-refractivity contribution in [1.29, 1.82) is 0 Å². The number of rotatable bonds is 3. The molecule has 1 aliphatic rings. The van der Waals surface area contributed by atoms with Crippen LogP contribution in [-0.2, 0) is 4.79 Å². The maximum absolute atomic E-state index is 12.5. The van der Waals surface area contributed by atoms with Gasteiger partial charge in [-0.05, 0) is 23.0 Å². The Bertz CT molecular complexity index is 769. The highest BCUT2D eigenvalue weighted by molar-refractivity contribution is 7.14. The van der Waals surface area contributed by atoms with E-state index >= 15 is 0 Å². The number of carbonyl (C=O) groups excluding carboxylic acids is 1. The molecule has 3 rings (SSSR count). The van der Waals surface area contributed by atoms with Gasteiger partial charge in [-0.15, -0.1) is 11.3 Å². The number of nitrogens with one attached hydrogen (secondary N) is 1. The molecular weight excluding hydrogens is 351 g/mol. The Labute approximate surface area is 150 Å². The lowest BCUT2D eigenvalue weighted by Gasteiger charge is -2.03. The van der Waals surface area contributed by atoms with Crippen molar-refractivity contribution in [2.45, 2.75) is 27.7 Å². The van der Waals surface area contributed by atoms with E-state index in [1.807, 2.05) is 11.4 Å². The summed E-state index contributed by atoms with van der Waals surface area (Å²) < 4.78 is 0. The van der Waals surface area contributed by atoms with Gasteiger partial charge in [-0.25, -0.2) is 4.98 Å². The molecule has 1 amide bonds. The predicted octanol–water partition coefficient (Wildman–Crippen LogP) is 5.74. The molecule has 1 aromatic carbocycles. The van der Waals surface area contributed by atoms with Crippen molar-refractivity contribution >= 4 is 45.6 Å². The highest BCUT2D eigenvalue weighted by Gasteiger charge is 2.68. The third-order valence-corrected chi connectivity index (χ3v) is 6.73. The zero-order valence-corrected chi connectivity index (χ0v) is 15.7. The lowest BCUT2D eigenvalue weighted by atomic mass is 10.0. The predicted molar refractivity (Wildman–Crippen MR) is 97.3 cm³/mol. The van der Waals surface area contributed by atoms with Crippen molar-refractivity contribution < 1.29 is 4.79 Å². The molecule has 1 N–H and O–H groups in total. The number of nitrogens with zero attached hydrogens (tertiary/aromatic N) is 1. The Morgan fingerprint density at radius 1 is 1.17 bits per heavy atom. The average molecular weight is 369 g/mol. The molecule has 6 heteroatoms. The van der Waals surface area contributed by atoms with Crippen LogP contribution in [0.25, 0.3) is 11.3 Å². The monoisotopic (exact) mass is 368 g/mol. The van der Waals surface area contributed by atoms with Gasteiger partial charge >= 0.3 is 0 Å². The Hall–Kier alpha value is -1.10. The number of aromatic nitrogens is 1. The topological polar surface area (TPSA) is 42.0 Å². The Kier molecular flexibility index (Phi) is 3.98. The molecule has 1 saturated carbocycles. The number of benzene rings is 1. The first-order valence-corrected chi connectivity index (χ1v) is 9.00. The summed E-state index contributed by atoms with van der Waals surface area (Å²) >= 11 is 13.4. The van der Waals surface area contributed by atoms with Gasteiger partial charge in [0, 0.05) is 16.9 Å². The van der Waals surface area contributed by atoms with Crippen molar-refractivity contribution in [1.82, 2.24) is 4.98 Å². The van der Waals surface area contributed by atoms with Gasteiger partial charge in [0.25, 0.3) is 0 Å². The molecule has 0 unspecified atom stereocenters. The fourth-order valence-electron chi connectivity index (χ4n) is 3.15. The molecule has 0 bridgehead atoms. The zero-order valence-electron chi connectivity index (χ0n) is 13.4. The highest BCUT2D eigenvalue weighted by atomic mass is 35.5. The molecule has 2 aromatic rings. The second kappa shape index (κ2) is 5.47. The summed E-state index contributed by atoms with van der Waals surface area (Å²) in [7, 11) is 0. The number of halogens is 2. The molecule has 0 atom stereocenters. The molecule has 0 aliphatic heterocycles. The van der Waals surface area contributed by atoms with E-state index in [1.54, 1.807) is 12.1 Å². The molecule has 1 aromatic heterocycles. The van der Waals surface area contributed by atoms with Crippen LogP contribution in [0.5, 0.6) is 0 Å². The summed E-state index contributed by atoms with van der Waals surface area (Å²) in [6.07, 6.45) is 0. The third-order valence-electron chi connectivity index (χ3n) is 5.23. The van der Waals surface area contributed by atoms with Crippen LogP contribution < -0.4 is 5.32 Å². The minimum absolute atomic E-state index is 0.00678. The number of hydrogen-bond acceptors (Lipinski definition) is 3. The van der Waals surface area contributed by atoms with E-state index < -0.39 is 0 Å². The third kappa shape index (κ3) is 2.77. The second-order valence-corrected chi connectivity index (χ2v) is 8.70. The van der Waals surface area contributed by atoms with E-state index in [2.05, 4.69) is 38.0 Å². The van der Waals surface area contributed by atoms with Gasteiger partial charge in [0.2, 0.25) is 5.91 Å². The minimum Gasteiger partial charge on any atom is -0.302 e. The van der Waals surface area contributed by atoms with Gasteiger partial charge < -0.3 is 5.32 Å². The van der Waals surface area contributed by atoms with Gasteiger partial charge in [-0.2, -0.15) is 0 Å². The molecule has 1 fully saturated rings. The summed E-state index contributed by atoms with van der Waals surface area (Å²) in [5.74, 6) is 0.0439. The van der Waals surface area contributed by atoms with Crippen molar-refractivity contribution in [2.24, 2.45) is 16.7 Å². The summed E-state index contributed by atoms with van der Waals surface area (Å²) in [6, 6.07) is 5.38. The Morgan fingerprint density at radius 3 is 2.39 bits per heavy atom. The van der Waals surface area contributed by atoms with E-state index in [1.165, 1.54) is 11.3 Å². The normalized spacial score (nSPS) is 18.7. The Balaban J connectivity index is 1.75. The van der Waals surface area contributed by atoms with Crippen LogP contribution in [-0.4, -0.2) is 10.9 Å². The number of carbonyl (C=O) groups is 1. The molecule has 23 heavy (non-hydrogen) atoms. The van der Waals surface area contributed by atoms with Crippen LogP contribution in [0, 0.1) is 16.7 Å². The van der Waals surface area contributed by atoms with Gasteiger partial charge in [0.1, 0.15) is 0 Å². The molecule has 1 heterocycles. The SMILES string of the molecule is CC1(C)C(C(=O)Nc2nc(-c3ccc(Cl)c(Cl)c3)cs2)C1(C)C. The van der Waals surface area contributed by atoms with E-state index in [9.17, 15) is 4.79 Å². The first-order chi connectivity index (χ1) is 10.6. The average Bonchev–Trinajstić information content (AvgIpc) is 2.79. The number of thiazole rings is 1. The van der Waals surface area contributed by atoms with Crippen LogP contribution in [0.1, 0.15) is 27.7 Å². The van der Waals surface area contributed by atoms with Crippen molar-refractivity contribution in [3.05, 3.63) is 33.6 Å². The first-order valence-electron chi connectivity index (χ1n) is 7.36. The summed E-state index contributed by atoms with van der Waals surface area (Å²) in [6.45, 7) is 8.50. The van der Waals surface area contributed by atoms with Gasteiger partial charge in [-0.1, -0.05) is 57.0 Å². The summed E-state index contributed by atoms with van der Waals surface area (Å²) in [5.41, 5.74) is 1.68. The van der Waals surface area contributed by atoms with Crippen molar-refractivity contribution in [3.8, 4) is 11.3 Å². The van der Waals surface area contributed by atoms with Crippen LogP contribution >= 0.6 is 34.5 Å². The van der Waals surface area contributed by atoms with Gasteiger partial charge in [0.05, 0.1) is 15.7 Å². The zero-order chi connectivity index (χ0) is 17.0. The molecule has 122 valence electrons. The van der Waals surface area contributed by atoms with Gasteiger partial charge in [0.15, 0.2) is 5.13 Å². The van der Waals surface area contributed by atoms with E-state index in [4.69, 9.17) is 23.2 Å². The van der Waals surface area contributed by atoms with Crippen LogP contribution in [0.15, 0.2) is 23.6 Å². The maximum Gasteiger partial charge on any atom is 0.230 e. The van der Waals surface area contributed by atoms with Crippen molar-refractivity contribution in [3.63, 3.8) is 0 Å². The van der Waals surface area contributed by atoms with Crippen LogP contribution in [0.2, 0.25) is 10.0 Å². The lowest BCUT2D eigenvalue weighted by molar-refractivity contribution is -0.118. The van der Waals surface area contributed by atoms with Crippen LogP contribution in [0.3, 0.4) is 0 Å². The fourth-order valence-corrected chi connectivity index (χ4v) is 4.17. The second-order valence-electron chi connectivity index (χ2n) is 7.03. The first kappa shape index (κ1) is 16.7. The molecule has 0 saturated heterocycles. The number of anilines is 1. The van der Waals surface area contributed by atoms with E-state index in [0.29, 0.717) is 15.2 Å². The van der Waals surface area contributed by atoms with Crippen molar-refractivity contribution in [2.75, 3.05) is 5.32 Å². The summed E-state index contributed by atoms with van der Waals surface area (Å²) in [5, 5.41) is 6.45. The Morgan fingerprint density at radius 2 is 1.83 bits per heavy atom. The maximum atomic E-state index is 12.5. The minimum atomic E-state index is 0.00678. The number of hydrogen-bond donors (Lipinski definition) is 1. The molecule has 0 radical (unpaired) electrons. The highest BCUT2D eigenvalue weighted by Crippen LogP contribution is 2.68. The van der Waals surface area contributed by atoms with Crippen LogP contribution in [0.4, 0.5) is 5.13 Å². The molecule has 3 nitrogen and oxygen atoms in total. The van der Waals surface area contributed by atoms with E-state index in [0.717, 1.165) is 11.3 Å². The smallest absolute Gasteiger partial charge is 0.230 e. The summed E-state index contributed by atoms with van der Waals surface area (Å²) in [4.78, 5) is 16.9. The standard InChI is InChI=1S/C17H18Cl2N2OS/c1-16(2)13(17(16,3)4)14(22)21-15-20-12(8-23-15)9-5-6-10(18)11(19)7-9/h5-8,13H,1-4H3,(H,20,21,22). The quantitative estimate of drug-likeness (QED) is 0.750. The van der Waals surface area contributed by atoms with Gasteiger partial charge in [-0.3, -0.25) is 4.79 Å². The molecular formula is C17H18Cl2N2OS. The molecule has 1 aliphatic carbocycles. The lowest BCUT2D eigenvalue weighted by Crippen LogP contribution is -2.17. The number of amides is 1. The largest absolute Gasteiger partial charge is 0.302 e. The molecule has 0 spiro atoms.